The van der Waals surface area contributed by atoms with E-state index in [-0.39, 0.29) is 28.1 Å². The maximum atomic E-state index is 13.2. The number of nitrogens with one attached hydrogen (secondary N) is 1. The molecule has 3 N–H and O–H groups in total. The number of carbonyl (C=O) groups excluding carboxylic acids is 1. The molecule has 0 spiro atoms. The van der Waals surface area contributed by atoms with Crippen molar-refractivity contribution in [3.63, 3.8) is 0 Å². The highest BCUT2D eigenvalue weighted by atomic mass is 32.3. The highest BCUT2D eigenvalue weighted by molar-refractivity contribution is 8.00. The van der Waals surface area contributed by atoms with Gasteiger partial charge in [0, 0.05) is 55.9 Å². The first-order valence-corrected chi connectivity index (χ1v) is 13.9. The van der Waals surface area contributed by atoms with Gasteiger partial charge in [-0.15, -0.1) is 21.5 Å². The summed E-state index contributed by atoms with van der Waals surface area (Å²) >= 11 is 1.84. The van der Waals surface area contributed by atoms with Crippen LogP contribution < -0.4 is 15.9 Å². The van der Waals surface area contributed by atoms with E-state index in [0.29, 0.717) is 35.9 Å². The first-order chi connectivity index (χ1) is 17.2. The summed E-state index contributed by atoms with van der Waals surface area (Å²) in [5.74, 6) is 5.94. The van der Waals surface area contributed by atoms with Crippen molar-refractivity contribution in [1.82, 2.24) is 14.0 Å². The van der Waals surface area contributed by atoms with Crippen molar-refractivity contribution in [2.45, 2.75) is 34.4 Å². The average molecular weight is 562 g/mol. The van der Waals surface area contributed by atoms with Crippen LogP contribution in [0.5, 0.6) is 5.75 Å². The van der Waals surface area contributed by atoms with Crippen LogP contribution in [-0.2, 0) is 26.2 Å². The summed E-state index contributed by atoms with van der Waals surface area (Å²) in [4.78, 5) is 27.4. The number of benzene rings is 1. The number of thiophene rings is 1. The predicted molar refractivity (Wildman–Crippen MR) is 132 cm³/mol. The lowest BCUT2D eigenvalue weighted by atomic mass is 10.1. The minimum atomic E-state index is -3.72. The molecule has 1 aliphatic heterocycles. The molecule has 2 aromatic rings. The number of hydrogen-bond acceptors (Lipinski definition) is 12. The lowest BCUT2D eigenvalue weighted by Gasteiger charge is -2.32. The molecule has 198 valence electrons. The molecule has 0 aliphatic carbocycles. The van der Waals surface area contributed by atoms with Crippen LogP contribution in [0.15, 0.2) is 38.8 Å². The monoisotopic (exact) mass is 561 g/mol. The Morgan fingerprint density at radius 3 is 2.86 bits per heavy atom. The number of carbonyl (C=O) groups is 1. The zero-order valence-electron chi connectivity index (χ0n) is 19.6. The molecule has 3 rings (SSSR count). The van der Waals surface area contributed by atoms with Gasteiger partial charge in [0.25, 0.3) is 15.1 Å². The molecular weight excluding hydrogens is 534 g/mol. The van der Waals surface area contributed by atoms with Crippen LogP contribution >= 0.6 is 23.3 Å². The molecule has 0 fully saturated rings. The van der Waals surface area contributed by atoms with Crippen LogP contribution in [-0.4, -0.2) is 61.7 Å². The lowest BCUT2D eigenvalue weighted by Crippen LogP contribution is -2.43. The number of rotatable bonds is 12. The van der Waals surface area contributed by atoms with E-state index in [1.165, 1.54) is 16.4 Å². The molecule has 2 heterocycles. The number of likely N-dealkylation sites (N-methyl/N-ethyl adjacent to an activating group) is 1. The van der Waals surface area contributed by atoms with Gasteiger partial charge in [-0.3, -0.25) is 0 Å². The van der Waals surface area contributed by atoms with E-state index in [9.17, 15) is 23.3 Å². The fourth-order valence-electron chi connectivity index (χ4n) is 3.51. The summed E-state index contributed by atoms with van der Waals surface area (Å²) in [7, 11) is -2.15. The number of methoxy groups -OCH3 is 1. The molecule has 0 radical (unpaired) electrons. The Morgan fingerprint density at radius 2 is 2.17 bits per heavy atom. The van der Waals surface area contributed by atoms with E-state index >= 15 is 0 Å². The zero-order valence-corrected chi connectivity index (χ0v) is 22.1. The number of hydrazine groups is 1. The minimum absolute atomic E-state index is 0.0485. The van der Waals surface area contributed by atoms with Gasteiger partial charge in [-0.25, -0.2) is 19.1 Å². The van der Waals surface area contributed by atoms with Crippen molar-refractivity contribution in [1.29, 1.82) is 0 Å². The Hall–Kier alpha value is -2.47. The molecule has 36 heavy (non-hydrogen) atoms. The Balaban J connectivity index is 1.75. The van der Waals surface area contributed by atoms with Crippen molar-refractivity contribution in [3.8, 4) is 5.75 Å². The van der Waals surface area contributed by atoms with Crippen molar-refractivity contribution >= 4 is 39.4 Å². The molecule has 0 saturated heterocycles. The normalized spacial score (nSPS) is 16.8. The summed E-state index contributed by atoms with van der Waals surface area (Å²) in [6, 6.07) is 7.65. The van der Waals surface area contributed by atoms with E-state index in [1.54, 1.807) is 25.3 Å². The SMILES string of the molecule is CCNC1CN(CCCOC)S(=O)(=O)c2sc(SN(N)C(=O)Oc3ccccc3CO[N+](=O)[O-])cc21. The molecule has 16 heteroatoms. The van der Waals surface area contributed by atoms with Gasteiger partial charge in [-0.1, -0.05) is 25.1 Å². The van der Waals surface area contributed by atoms with Gasteiger partial charge >= 0.3 is 6.09 Å². The van der Waals surface area contributed by atoms with Crippen LogP contribution in [0.1, 0.15) is 30.5 Å². The number of sulfonamides is 1. The molecular formula is C20H27N5O8S3. The van der Waals surface area contributed by atoms with Crippen molar-refractivity contribution in [3.05, 3.63) is 51.6 Å². The Bertz CT molecular complexity index is 1180. The number of hydrogen-bond donors (Lipinski definition) is 2. The van der Waals surface area contributed by atoms with Crippen LogP contribution in [0.25, 0.3) is 0 Å². The van der Waals surface area contributed by atoms with E-state index in [2.05, 4.69) is 10.2 Å². The van der Waals surface area contributed by atoms with Crippen molar-refractivity contribution in [2.24, 2.45) is 5.84 Å². The van der Waals surface area contributed by atoms with E-state index in [4.69, 9.17) is 15.3 Å². The maximum Gasteiger partial charge on any atom is 0.440 e. The predicted octanol–water partition coefficient (Wildman–Crippen LogP) is 2.53. The number of amides is 1. The average Bonchev–Trinajstić information content (AvgIpc) is 3.26. The fraction of sp³-hybridized carbons (Fsp3) is 0.450. The van der Waals surface area contributed by atoms with E-state index in [1.807, 2.05) is 6.92 Å². The number of para-hydroxylation sites is 1. The highest BCUT2D eigenvalue weighted by Gasteiger charge is 2.39. The van der Waals surface area contributed by atoms with Crippen LogP contribution in [0.3, 0.4) is 0 Å². The number of nitrogens with zero attached hydrogens (tertiary/aromatic N) is 3. The van der Waals surface area contributed by atoms with Crippen LogP contribution in [0.2, 0.25) is 0 Å². The van der Waals surface area contributed by atoms with Crippen molar-refractivity contribution in [2.75, 3.05) is 33.4 Å². The number of ether oxygens (including phenoxy) is 2. The third kappa shape index (κ3) is 6.84. The topological polar surface area (TPSA) is 167 Å². The van der Waals surface area contributed by atoms with Gasteiger partial charge < -0.3 is 19.6 Å². The van der Waals surface area contributed by atoms with Crippen molar-refractivity contribution < 1.29 is 32.6 Å². The van der Waals surface area contributed by atoms with Gasteiger partial charge in [0.15, 0.2) is 0 Å². The van der Waals surface area contributed by atoms with Gasteiger partial charge in [0.1, 0.15) is 16.6 Å². The van der Waals surface area contributed by atoms with Gasteiger partial charge in [-0.2, -0.15) is 8.72 Å². The zero-order chi connectivity index (χ0) is 26.3. The maximum absolute atomic E-state index is 13.2. The van der Waals surface area contributed by atoms with Crippen LogP contribution in [0.4, 0.5) is 4.79 Å². The Kier molecular flexibility index (Phi) is 9.89. The fourth-order valence-corrected chi connectivity index (χ4v) is 7.93. The molecule has 1 aliphatic rings. The second-order valence-electron chi connectivity index (χ2n) is 7.52. The van der Waals surface area contributed by atoms with E-state index < -0.39 is 27.8 Å². The summed E-state index contributed by atoms with van der Waals surface area (Å²) in [6.45, 7) is 3.23. The molecule has 1 atom stereocenters. The van der Waals surface area contributed by atoms with Gasteiger partial charge in [0.2, 0.25) is 0 Å². The molecule has 0 saturated carbocycles. The number of nitrogens with two attached hydrogens (primary N) is 1. The second kappa shape index (κ2) is 12.7. The summed E-state index contributed by atoms with van der Waals surface area (Å²) in [5.41, 5.74) is 0.900. The summed E-state index contributed by atoms with van der Waals surface area (Å²) in [5, 5.41) is 12.8. The largest absolute Gasteiger partial charge is 0.440 e. The molecule has 1 aromatic carbocycles. The molecule has 1 amide bonds. The van der Waals surface area contributed by atoms with E-state index in [0.717, 1.165) is 27.7 Å². The lowest BCUT2D eigenvalue weighted by molar-refractivity contribution is -0.763. The molecule has 1 aromatic heterocycles. The van der Waals surface area contributed by atoms with Gasteiger partial charge in [-0.05, 0) is 25.1 Å². The third-order valence-electron chi connectivity index (χ3n) is 5.11. The molecule has 0 bridgehead atoms. The van der Waals surface area contributed by atoms with Crippen LogP contribution in [0, 0.1) is 10.1 Å². The molecule has 13 nitrogen and oxygen atoms in total. The van der Waals surface area contributed by atoms with Gasteiger partial charge in [0.05, 0.1) is 4.21 Å². The summed E-state index contributed by atoms with van der Waals surface area (Å²) < 4.78 is 39.6. The molecule has 1 unspecified atom stereocenters. The second-order valence-corrected chi connectivity index (χ2v) is 12.0. The smallest absolute Gasteiger partial charge is 0.408 e. The Labute approximate surface area is 216 Å². The highest BCUT2D eigenvalue weighted by Crippen LogP contribution is 2.42. The Morgan fingerprint density at radius 1 is 1.42 bits per heavy atom. The first kappa shape index (κ1) is 28.1. The quantitative estimate of drug-likeness (QED) is 0.0976. The first-order valence-electron chi connectivity index (χ1n) is 10.8. The number of fused-ring (bicyclic) bond motifs is 1. The summed E-state index contributed by atoms with van der Waals surface area (Å²) in [6.07, 6.45) is -0.389. The third-order valence-corrected chi connectivity index (χ3v) is 9.56. The minimum Gasteiger partial charge on any atom is -0.408 e. The standard InChI is InChI=1S/C20H27N5O8S3/c1-3-22-16-12-23(9-6-10-31-2)36(29,30)19-15(16)11-18(34-19)35-24(21)20(26)33-17-8-5-4-7-14(17)13-32-25(27)28/h4-5,7-8,11,16,22H,3,6,9-10,12-13,21H2,1-2H3.